The van der Waals surface area contributed by atoms with Crippen molar-refractivity contribution >= 4 is 11.2 Å². The van der Waals surface area contributed by atoms with Crippen LogP contribution in [-0.4, -0.2) is 39.7 Å². The van der Waals surface area contributed by atoms with E-state index in [1.165, 1.54) is 9.13 Å². The number of nitrogens with one attached hydrogen (secondary N) is 2. The molecule has 0 bridgehead atoms. The summed E-state index contributed by atoms with van der Waals surface area (Å²) in [6.45, 7) is 4.58. The lowest BCUT2D eigenvalue weighted by Gasteiger charge is -2.08. The number of imidazole rings is 1. The standard InChI is InChI=1S/C12H16N8O2/c1-3-5-20-11(21)9-10(19(4-2)12(20)22)14-7(13-9)6-8-15-17-18-16-8/h3-6H2,1-2H3,(H,13,14)(H,15,16,17,18). The Kier molecular flexibility index (Phi) is 3.57. The van der Waals surface area contributed by atoms with Gasteiger partial charge in [-0.3, -0.25) is 13.9 Å². The van der Waals surface area contributed by atoms with Crippen LogP contribution in [-0.2, 0) is 19.5 Å². The number of hydrogen-bond acceptors (Lipinski definition) is 6. The minimum atomic E-state index is -0.349. The van der Waals surface area contributed by atoms with Gasteiger partial charge < -0.3 is 4.98 Å². The van der Waals surface area contributed by atoms with Crippen molar-refractivity contribution in [2.24, 2.45) is 0 Å². The van der Waals surface area contributed by atoms with Crippen molar-refractivity contribution in [1.82, 2.24) is 39.7 Å². The Bertz CT molecular complexity index is 902. The molecule has 0 saturated heterocycles. The number of aryl methyl sites for hydroxylation is 1. The summed E-state index contributed by atoms with van der Waals surface area (Å²) in [4.78, 5) is 32.2. The van der Waals surface area contributed by atoms with Crippen LogP contribution in [0.2, 0.25) is 0 Å². The molecule has 10 heteroatoms. The highest BCUT2D eigenvalue weighted by molar-refractivity contribution is 5.69. The molecule has 0 aliphatic heterocycles. The smallest absolute Gasteiger partial charge is 0.332 e. The second kappa shape index (κ2) is 5.54. The van der Waals surface area contributed by atoms with Crippen LogP contribution in [0.1, 0.15) is 31.9 Å². The molecule has 3 rings (SSSR count). The molecule has 10 nitrogen and oxygen atoms in total. The van der Waals surface area contributed by atoms with Crippen molar-refractivity contribution in [3.63, 3.8) is 0 Å². The lowest BCUT2D eigenvalue weighted by atomic mass is 10.4. The molecule has 3 heterocycles. The normalized spacial score (nSPS) is 11.4. The van der Waals surface area contributed by atoms with E-state index in [-0.39, 0.29) is 11.2 Å². The Balaban J connectivity index is 2.20. The summed E-state index contributed by atoms with van der Waals surface area (Å²) >= 11 is 0. The first-order valence-corrected chi connectivity index (χ1v) is 7.10. The molecule has 0 atom stereocenters. The maximum absolute atomic E-state index is 12.5. The van der Waals surface area contributed by atoms with Crippen molar-refractivity contribution in [1.29, 1.82) is 0 Å². The lowest BCUT2D eigenvalue weighted by molar-refractivity contribution is 0.572. The number of nitrogens with zero attached hydrogens (tertiary/aromatic N) is 6. The van der Waals surface area contributed by atoms with Crippen molar-refractivity contribution in [2.45, 2.75) is 39.8 Å². The Morgan fingerprint density at radius 3 is 2.64 bits per heavy atom. The zero-order valence-corrected chi connectivity index (χ0v) is 12.3. The Hall–Kier alpha value is -2.78. The van der Waals surface area contributed by atoms with Crippen LogP contribution in [0, 0.1) is 0 Å². The molecular formula is C12H16N8O2. The largest absolute Gasteiger partial charge is 0.336 e. The van der Waals surface area contributed by atoms with Crippen LogP contribution in [0.3, 0.4) is 0 Å². The lowest BCUT2D eigenvalue weighted by Crippen LogP contribution is -2.39. The predicted octanol–water partition coefficient (Wildman–Crippen LogP) is -0.580. The fraction of sp³-hybridized carbons (Fsp3) is 0.500. The number of tetrazole rings is 1. The average Bonchev–Trinajstić information content (AvgIpc) is 3.14. The second-order valence-corrected chi connectivity index (χ2v) is 4.87. The number of rotatable bonds is 5. The topological polar surface area (TPSA) is 127 Å². The maximum atomic E-state index is 12.5. The van der Waals surface area contributed by atoms with Crippen molar-refractivity contribution in [3.8, 4) is 0 Å². The van der Waals surface area contributed by atoms with Crippen LogP contribution < -0.4 is 11.2 Å². The van der Waals surface area contributed by atoms with E-state index in [4.69, 9.17) is 0 Å². The van der Waals surface area contributed by atoms with Gasteiger partial charge in [0.1, 0.15) is 11.3 Å². The predicted molar refractivity (Wildman–Crippen MR) is 77.6 cm³/mol. The van der Waals surface area contributed by atoms with Crippen LogP contribution in [0.25, 0.3) is 11.2 Å². The summed E-state index contributed by atoms with van der Waals surface area (Å²) in [5.41, 5.74) is 0.00890. The molecule has 0 fully saturated rings. The summed E-state index contributed by atoms with van der Waals surface area (Å²) < 4.78 is 2.73. The summed E-state index contributed by atoms with van der Waals surface area (Å²) in [5, 5.41) is 13.5. The van der Waals surface area contributed by atoms with Crippen molar-refractivity contribution in [2.75, 3.05) is 0 Å². The molecule has 116 valence electrons. The Morgan fingerprint density at radius 1 is 1.18 bits per heavy atom. The van der Waals surface area contributed by atoms with Crippen LogP contribution in [0.5, 0.6) is 0 Å². The average molecular weight is 304 g/mol. The third kappa shape index (κ3) is 2.22. The van der Waals surface area contributed by atoms with Gasteiger partial charge in [-0.2, -0.15) is 5.21 Å². The van der Waals surface area contributed by atoms with Crippen molar-refractivity contribution < 1.29 is 0 Å². The Labute approximate surface area is 124 Å². The van der Waals surface area contributed by atoms with E-state index in [1.807, 2.05) is 13.8 Å². The molecule has 0 saturated carbocycles. The first-order chi connectivity index (χ1) is 10.7. The SMILES string of the molecule is CCCn1c(=O)c2[nH]c(Cc3nn[nH]n3)nc2n(CC)c1=O. The summed E-state index contributed by atoms with van der Waals surface area (Å²) in [5.74, 6) is 0.975. The number of aromatic amines is 2. The minimum absolute atomic E-state index is 0.302. The molecule has 0 unspecified atom stereocenters. The Morgan fingerprint density at radius 2 is 2.00 bits per heavy atom. The molecule has 0 aliphatic rings. The van der Waals surface area contributed by atoms with Gasteiger partial charge in [0, 0.05) is 13.1 Å². The summed E-state index contributed by atoms with van der Waals surface area (Å²) in [6.07, 6.45) is 1.00. The summed E-state index contributed by atoms with van der Waals surface area (Å²) in [6, 6.07) is 0. The number of aromatic nitrogens is 8. The van der Waals surface area contributed by atoms with E-state index in [9.17, 15) is 9.59 Å². The molecule has 0 radical (unpaired) electrons. The molecule has 22 heavy (non-hydrogen) atoms. The van der Waals surface area contributed by atoms with Gasteiger partial charge in [0.2, 0.25) is 0 Å². The molecule has 0 aliphatic carbocycles. The monoisotopic (exact) mass is 304 g/mol. The minimum Gasteiger partial charge on any atom is -0.336 e. The fourth-order valence-electron chi connectivity index (χ4n) is 2.41. The maximum Gasteiger partial charge on any atom is 0.332 e. The van der Waals surface area contributed by atoms with Gasteiger partial charge in [0.25, 0.3) is 5.56 Å². The van der Waals surface area contributed by atoms with E-state index < -0.39 is 0 Å². The third-order valence-corrected chi connectivity index (χ3v) is 3.39. The first-order valence-electron chi connectivity index (χ1n) is 7.10. The van der Waals surface area contributed by atoms with Gasteiger partial charge >= 0.3 is 5.69 Å². The van der Waals surface area contributed by atoms with Crippen LogP contribution >= 0.6 is 0 Å². The van der Waals surface area contributed by atoms with Gasteiger partial charge in [-0.05, 0) is 13.3 Å². The van der Waals surface area contributed by atoms with Gasteiger partial charge in [0.15, 0.2) is 11.5 Å². The highest BCUT2D eigenvalue weighted by Crippen LogP contribution is 2.08. The van der Waals surface area contributed by atoms with Gasteiger partial charge in [-0.1, -0.05) is 12.1 Å². The van der Waals surface area contributed by atoms with E-state index in [1.54, 1.807) is 0 Å². The first kappa shape index (κ1) is 14.2. The molecule has 0 aromatic carbocycles. The van der Waals surface area contributed by atoms with Crippen LogP contribution in [0.15, 0.2) is 9.59 Å². The van der Waals surface area contributed by atoms with E-state index in [0.717, 1.165) is 0 Å². The highest BCUT2D eigenvalue weighted by atomic mass is 16.2. The van der Waals surface area contributed by atoms with Crippen LogP contribution in [0.4, 0.5) is 0 Å². The molecular weight excluding hydrogens is 288 g/mol. The fourth-order valence-corrected chi connectivity index (χ4v) is 2.41. The molecule has 3 aromatic heterocycles. The second-order valence-electron chi connectivity index (χ2n) is 4.87. The molecule has 0 spiro atoms. The van der Waals surface area contributed by atoms with E-state index >= 15 is 0 Å². The number of fused-ring (bicyclic) bond motifs is 1. The van der Waals surface area contributed by atoms with Gasteiger partial charge in [-0.15, -0.1) is 10.2 Å². The quantitative estimate of drug-likeness (QED) is 0.649. The molecule has 0 amide bonds. The van der Waals surface area contributed by atoms with Gasteiger partial charge in [0.05, 0.1) is 6.42 Å². The van der Waals surface area contributed by atoms with Crippen molar-refractivity contribution in [3.05, 3.63) is 32.5 Å². The zero-order chi connectivity index (χ0) is 15.7. The highest BCUT2D eigenvalue weighted by Gasteiger charge is 2.16. The number of hydrogen-bond donors (Lipinski definition) is 2. The van der Waals surface area contributed by atoms with E-state index in [0.29, 0.717) is 48.7 Å². The van der Waals surface area contributed by atoms with Gasteiger partial charge in [-0.25, -0.2) is 9.78 Å². The zero-order valence-electron chi connectivity index (χ0n) is 12.3. The molecule has 2 N–H and O–H groups in total. The van der Waals surface area contributed by atoms with E-state index in [2.05, 4.69) is 30.6 Å². The third-order valence-electron chi connectivity index (χ3n) is 3.39. The molecule has 3 aromatic rings. The number of H-pyrrole nitrogens is 2. The summed E-state index contributed by atoms with van der Waals surface area (Å²) in [7, 11) is 0.